The van der Waals surface area contributed by atoms with Crippen LogP contribution in [0.15, 0.2) is 59.0 Å². The van der Waals surface area contributed by atoms with Gasteiger partial charge in [-0.25, -0.2) is 36.5 Å². The monoisotopic (exact) mass is 654 g/mol. The number of carbonyl (C=O) groups excluding carboxylic acids is 1. The van der Waals surface area contributed by atoms with Crippen LogP contribution in [-0.4, -0.2) is 70.7 Å². The Balaban J connectivity index is 1.68. The van der Waals surface area contributed by atoms with Gasteiger partial charge in [0, 0.05) is 43.7 Å². The highest BCUT2D eigenvalue weighted by atomic mass is 35.5. The van der Waals surface area contributed by atoms with E-state index in [9.17, 15) is 22.4 Å². The number of amides is 1. The average Bonchev–Trinajstić information content (AvgIpc) is 2.96. The first kappa shape index (κ1) is 30.8. The third kappa shape index (κ3) is 5.48. The smallest absolute Gasteiger partial charge is 0.350 e. The third-order valence-corrected chi connectivity index (χ3v) is 9.74. The number of hydrogen-bond donors (Lipinski definition) is 0. The van der Waals surface area contributed by atoms with Gasteiger partial charge in [-0.3, -0.25) is 4.79 Å². The van der Waals surface area contributed by atoms with Crippen LogP contribution in [0.5, 0.6) is 0 Å². The topological polar surface area (TPSA) is 118 Å². The quantitative estimate of drug-likeness (QED) is 0.276. The van der Waals surface area contributed by atoms with Gasteiger partial charge >= 0.3 is 5.69 Å². The number of benzene rings is 1. The zero-order valence-electron chi connectivity index (χ0n) is 24.5. The van der Waals surface area contributed by atoms with Crippen LogP contribution in [0.2, 0.25) is 5.02 Å². The molecule has 234 valence electrons. The summed E-state index contributed by atoms with van der Waals surface area (Å²) in [6.07, 6.45) is 6.08. The van der Waals surface area contributed by atoms with Crippen LogP contribution in [0.1, 0.15) is 37.7 Å². The normalized spacial score (nSPS) is 17.4. The van der Waals surface area contributed by atoms with E-state index in [4.69, 9.17) is 11.6 Å². The second-order valence-electron chi connectivity index (χ2n) is 11.4. The van der Waals surface area contributed by atoms with Gasteiger partial charge in [0.25, 0.3) is 0 Å². The van der Waals surface area contributed by atoms with E-state index in [1.165, 1.54) is 18.3 Å². The third-order valence-electron chi connectivity index (χ3n) is 8.41. The molecule has 1 aliphatic heterocycles. The fourth-order valence-electron chi connectivity index (χ4n) is 5.99. The van der Waals surface area contributed by atoms with Gasteiger partial charge < -0.3 is 9.80 Å². The summed E-state index contributed by atoms with van der Waals surface area (Å²) < 4.78 is 57.5. The molecule has 4 heterocycles. The minimum Gasteiger partial charge on any atom is -0.350 e. The lowest BCUT2D eigenvalue weighted by Gasteiger charge is -2.40. The second kappa shape index (κ2) is 11.6. The predicted octanol–water partition coefficient (Wildman–Crippen LogP) is 4.67. The van der Waals surface area contributed by atoms with Gasteiger partial charge in [-0.2, -0.15) is 4.98 Å². The van der Waals surface area contributed by atoms with E-state index in [0.717, 1.165) is 48.3 Å². The first-order valence-corrected chi connectivity index (χ1v) is 16.6. The highest BCUT2D eigenvalue weighted by Crippen LogP contribution is 2.41. The molecule has 3 aromatic heterocycles. The van der Waals surface area contributed by atoms with Crippen molar-refractivity contribution in [1.82, 2.24) is 24.4 Å². The molecule has 0 radical (unpaired) electrons. The van der Waals surface area contributed by atoms with Crippen molar-refractivity contribution < 1.29 is 22.0 Å². The molecule has 2 fully saturated rings. The minimum absolute atomic E-state index is 0.00333. The van der Waals surface area contributed by atoms with E-state index in [-0.39, 0.29) is 74.8 Å². The van der Waals surface area contributed by atoms with Crippen LogP contribution in [0, 0.1) is 11.6 Å². The highest BCUT2D eigenvalue weighted by Gasteiger charge is 2.33. The molecule has 1 aliphatic carbocycles. The van der Waals surface area contributed by atoms with Gasteiger partial charge in [-0.15, -0.1) is 0 Å². The maximum Gasteiger partial charge on any atom is 0.355 e. The SMILES string of the molecule is C=CC(=O)N1CCN(c2nc(=O)n(-c3c(C4CCC4)ccnc3S(C)(=O)=O)c3nc(-c4cc(F)ccc4Cl)c(F)cc23)[C@@H](C)C1. The molecule has 1 aromatic carbocycles. The van der Waals surface area contributed by atoms with Crippen molar-refractivity contribution in [3.63, 3.8) is 0 Å². The highest BCUT2D eigenvalue weighted by molar-refractivity contribution is 7.90. The summed E-state index contributed by atoms with van der Waals surface area (Å²) in [5.74, 6) is -1.71. The molecule has 10 nitrogen and oxygen atoms in total. The van der Waals surface area contributed by atoms with Gasteiger partial charge in [0.2, 0.25) is 5.91 Å². The van der Waals surface area contributed by atoms with Gasteiger partial charge in [0.15, 0.2) is 20.5 Å². The summed E-state index contributed by atoms with van der Waals surface area (Å²) in [5.41, 5.74) is -0.756. The molecule has 0 N–H and O–H groups in total. The Labute approximate surface area is 262 Å². The lowest BCUT2D eigenvalue weighted by Crippen LogP contribution is -2.54. The number of anilines is 1. The summed E-state index contributed by atoms with van der Waals surface area (Å²) in [5, 5.41) is -0.205. The van der Waals surface area contributed by atoms with Crippen molar-refractivity contribution in [3.05, 3.63) is 81.9 Å². The van der Waals surface area contributed by atoms with Crippen LogP contribution >= 0.6 is 11.6 Å². The first-order valence-electron chi connectivity index (χ1n) is 14.3. The van der Waals surface area contributed by atoms with Crippen LogP contribution in [-0.2, 0) is 14.6 Å². The molecule has 1 saturated carbocycles. The van der Waals surface area contributed by atoms with E-state index < -0.39 is 27.2 Å². The molecule has 1 saturated heterocycles. The predicted molar refractivity (Wildman–Crippen MR) is 167 cm³/mol. The van der Waals surface area contributed by atoms with E-state index in [1.54, 1.807) is 15.9 Å². The van der Waals surface area contributed by atoms with Crippen LogP contribution in [0.4, 0.5) is 14.6 Å². The molecule has 45 heavy (non-hydrogen) atoms. The molecule has 1 amide bonds. The van der Waals surface area contributed by atoms with E-state index in [2.05, 4.69) is 21.5 Å². The zero-order valence-corrected chi connectivity index (χ0v) is 26.1. The Morgan fingerprint density at radius 2 is 1.89 bits per heavy atom. The number of carbonyl (C=O) groups is 1. The maximum absolute atomic E-state index is 16.0. The van der Waals surface area contributed by atoms with Crippen molar-refractivity contribution in [3.8, 4) is 16.9 Å². The van der Waals surface area contributed by atoms with Crippen LogP contribution in [0.3, 0.4) is 0 Å². The summed E-state index contributed by atoms with van der Waals surface area (Å²) in [7, 11) is -3.97. The van der Waals surface area contributed by atoms with Crippen molar-refractivity contribution >= 4 is 44.2 Å². The number of hydrogen-bond acceptors (Lipinski definition) is 8. The number of sulfone groups is 1. The Hall–Kier alpha value is -4.23. The number of nitrogens with zero attached hydrogens (tertiary/aromatic N) is 6. The standard InChI is InChI=1S/C31H29ClF2N6O4S/c1-4-25(41)38-12-13-39(17(2)16-38)28-22-15-24(34)26(21-14-19(33)8-9-23(21)32)36-29(22)40(31(42)37-28)27-20(18-6-5-7-18)10-11-35-30(27)45(3,43)44/h4,8-11,14-15,17-18H,1,5-7,12-13,16H2,2-3H3/t17-/m0/s1. The summed E-state index contributed by atoms with van der Waals surface area (Å²) in [6.45, 7) is 6.23. The van der Waals surface area contributed by atoms with Crippen molar-refractivity contribution in [2.24, 2.45) is 0 Å². The molecule has 14 heteroatoms. The second-order valence-corrected chi connectivity index (χ2v) is 13.7. The Morgan fingerprint density at radius 1 is 1.13 bits per heavy atom. The fraction of sp³-hybridized carbons (Fsp3) is 0.323. The molecule has 0 unspecified atom stereocenters. The lowest BCUT2D eigenvalue weighted by atomic mass is 9.79. The number of halogens is 3. The molecular weight excluding hydrogens is 626 g/mol. The molecule has 0 spiro atoms. The van der Waals surface area contributed by atoms with Crippen LogP contribution in [0.25, 0.3) is 28.0 Å². The molecule has 1 atom stereocenters. The van der Waals surface area contributed by atoms with Crippen LogP contribution < -0.4 is 10.6 Å². The number of rotatable bonds is 6. The van der Waals surface area contributed by atoms with Crippen molar-refractivity contribution in [2.45, 2.75) is 43.2 Å². The summed E-state index contributed by atoms with van der Waals surface area (Å²) in [6, 6.07) is 5.90. The largest absolute Gasteiger partial charge is 0.355 e. The lowest BCUT2D eigenvalue weighted by molar-refractivity contribution is -0.126. The van der Waals surface area contributed by atoms with Gasteiger partial charge in [0.1, 0.15) is 23.1 Å². The number of aromatic nitrogens is 4. The van der Waals surface area contributed by atoms with Gasteiger partial charge in [-0.1, -0.05) is 24.6 Å². The molecule has 2 aliphatic rings. The molecular formula is C31H29ClF2N6O4S. The van der Waals surface area contributed by atoms with Gasteiger partial charge in [0.05, 0.1) is 16.1 Å². The van der Waals surface area contributed by atoms with Gasteiger partial charge in [-0.05, 0) is 67.7 Å². The fourth-order valence-corrected chi connectivity index (χ4v) is 7.01. The Morgan fingerprint density at radius 3 is 2.53 bits per heavy atom. The number of piperazine rings is 1. The first-order chi connectivity index (χ1) is 21.4. The summed E-state index contributed by atoms with van der Waals surface area (Å²) in [4.78, 5) is 42.9. The summed E-state index contributed by atoms with van der Waals surface area (Å²) >= 11 is 6.35. The maximum atomic E-state index is 16.0. The number of pyridine rings is 2. The van der Waals surface area contributed by atoms with E-state index >= 15 is 4.39 Å². The van der Waals surface area contributed by atoms with Crippen molar-refractivity contribution in [2.75, 3.05) is 30.8 Å². The molecule has 6 rings (SSSR count). The zero-order chi connectivity index (χ0) is 32.2. The minimum atomic E-state index is -3.97. The number of fused-ring (bicyclic) bond motifs is 1. The Kier molecular flexibility index (Phi) is 7.94. The molecule has 0 bridgehead atoms. The van der Waals surface area contributed by atoms with E-state index in [1.807, 2.05) is 6.92 Å². The van der Waals surface area contributed by atoms with Crippen molar-refractivity contribution in [1.29, 1.82) is 0 Å². The Bertz CT molecular complexity index is 2050. The molecule has 4 aromatic rings. The van der Waals surface area contributed by atoms with E-state index in [0.29, 0.717) is 12.1 Å². The average molecular weight is 655 g/mol.